The molecule has 3 aromatic heterocycles. The van der Waals surface area contributed by atoms with Crippen LogP contribution in [0.15, 0.2) is 49.2 Å². The molecule has 0 bridgehead atoms. The first-order valence-electron chi connectivity index (χ1n) is 6.14. The molecule has 0 spiro atoms. The molecule has 0 saturated heterocycles. The summed E-state index contributed by atoms with van der Waals surface area (Å²) in [5.74, 6) is 0. The lowest BCUT2D eigenvalue weighted by atomic mass is 10.1. The van der Waals surface area contributed by atoms with Crippen molar-refractivity contribution in [1.29, 1.82) is 5.26 Å². The fourth-order valence-electron chi connectivity index (χ4n) is 2.01. The number of hydrogen-bond donors (Lipinski definition) is 1. The number of hydrogen-bond acceptors (Lipinski definition) is 5. The summed E-state index contributed by atoms with van der Waals surface area (Å²) in [6.45, 7) is 0.624. The Labute approximate surface area is 116 Å². The lowest BCUT2D eigenvalue weighted by Gasteiger charge is -2.10. The van der Waals surface area contributed by atoms with Crippen molar-refractivity contribution < 1.29 is 0 Å². The minimum Gasteiger partial charge on any atom is -0.379 e. The molecule has 0 aromatic carbocycles. The van der Waals surface area contributed by atoms with Gasteiger partial charge in [-0.1, -0.05) is 0 Å². The molecule has 0 unspecified atom stereocenters. The second-order valence-corrected chi connectivity index (χ2v) is 4.26. The van der Waals surface area contributed by atoms with E-state index in [1.807, 2.05) is 18.2 Å². The monoisotopic (exact) mass is 261 g/mol. The molecular weight excluding hydrogens is 250 g/mol. The zero-order valence-corrected chi connectivity index (χ0v) is 10.6. The van der Waals surface area contributed by atoms with E-state index in [9.17, 15) is 5.26 Å². The van der Waals surface area contributed by atoms with E-state index in [2.05, 4.69) is 26.3 Å². The van der Waals surface area contributed by atoms with Crippen LogP contribution in [0.2, 0.25) is 0 Å². The standard InChI is InChI=1S/C15H11N5/c16-7-12-9-19-14-10-18-6-3-13(14)15(12)20-8-11-1-4-17-5-2-11/h1-6,9-10H,8H2,(H,19,20). The molecule has 3 heterocycles. The fourth-order valence-corrected chi connectivity index (χ4v) is 2.01. The van der Waals surface area contributed by atoms with Gasteiger partial charge in [0.15, 0.2) is 0 Å². The van der Waals surface area contributed by atoms with Crippen molar-refractivity contribution in [3.8, 4) is 6.07 Å². The molecule has 0 aliphatic heterocycles. The summed E-state index contributed by atoms with van der Waals surface area (Å²) in [6, 6.07) is 7.89. The first kappa shape index (κ1) is 12.1. The van der Waals surface area contributed by atoms with E-state index >= 15 is 0 Å². The minimum absolute atomic E-state index is 0.526. The molecule has 96 valence electrons. The first-order chi connectivity index (χ1) is 9.88. The van der Waals surface area contributed by atoms with Crippen molar-refractivity contribution >= 4 is 16.6 Å². The molecular formula is C15H11N5. The topological polar surface area (TPSA) is 74.5 Å². The second kappa shape index (κ2) is 5.33. The molecule has 5 nitrogen and oxygen atoms in total. The van der Waals surface area contributed by atoms with Crippen LogP contribution in [0.4, 0.5) is 5.69 Å². The van der Waals surface area contributed by atoms with Gasteiger partial charge in [0.1, 0.15) is 6.07 Å². The Balaban J connectivity index is 1.99. The first-order valence-corrected chi connectivity index (χ1v) is 6.14. The zero-order valence-electron chi connectivity index (χ0n) is 10.6. The predicted molar refractivity (Wildman–Crippen MR) is 75.8 cm³/mol. The van der Waals surface area contributed by atoms with E-state index in [-0.39, 0.29) is 0 Å². The third kappa shape index (κ3) is 2.27. The van der Waals surface area contributed by atoms with Gasteiger partial charge in [0, 0.05) is 36.7 Å². The van der Waals surface area contributed by atoms with Gasteiger partial charge in [0.25, 0.3) is 0 Å². The Hall–Kier alpha value is -3.00. The third-order valence-electron chi connectivity index (χ3n) is 3.01. The maximum absolute atomic E-state index is 9.22. The summed E-state index contributed by atoms with van der Waals surface area (Å²) in [6.07, 6.45) is 8.45. The maximum Gasteiger partial charge on any atom is 0.103 e. The Morgan fingerprint density at radius 2 is 1.85 bits per heavy atom. The largest absolute Gasteiger partial charge is 0.379 e. The van der Waals surface area contributed by atoms with Crippen LogP contribution in [0, 0.1) is 11.3 Å². The molecule has 3 aromatic rings. The van der Waals surface area contributed by atoms with Crippen LogP contribution in [-0.4, -0.2) is 15.0 Å². The Morgan fingerprint density at radius 1 is 1.05 bits per heavy atom. The average Bonchev–Trinajstić information content (AvgIpc) is 2.53. The lowest BCUT2D eigenvalue weighted by molar-refractivity contribution is 1.12. The fraction of sp³-hybridized carbons (Fsp3) is 0.0667. The number of rotatable bonds is 3. The Bertz CT molecular complexity index is 777. The Kier molecular flexibility index (Phi) is 3.21. The van der Waals surface area contributed by atoms with Gasteiger partial charge >= 0.3 is 0 Å². The van der Waals surface area contributed by atoms with Crippen molar-refractivity contribution in [2.75, 3.05) is 5.32 Å². The highest BCUT2D eigenvalue weighted by atomic mass is 14.9. The second-order valence-electron chi connectivity index (χ2n) is 4.26. The predicted octanol–water partition coefficient (Wildman–Crippen LogP) is 2.51. The van der Waals surface area contributed by atoms with Crippen LogP contribution in [0.25, 0.3) is 10.9 Å². The molecule has 3 rings (SSSR count). The van der Waals surface area contributed by atoms with E-state index in [0.29, 0.717) is 12.1 Å². The van der Waals surface area contributed by atoms with Crippen LogP contribution in [0.3, 0.4) is 0 Å². The lowest BCUT2D eigenvalue weighted by Crippen LogP contribution is -2.03. The quantitative estimate of drug-likeness (QED) is 0.784. The van der Waals surface area contributed by atoms with E-state index in [1.165, 1.54) is 0 Å². The van der Waals surface area contributed by atoms with Gasteiger partial charge in [-0.2, -0.15) is 5.26 Å². The highest BCUT2D eigenvalue weighted by molar-refractivity contribution is 5.93. The number of fused-ring (bicyclic) bond motifs is 1. The molecule has 0 saturated carbocycles. The number of nitriles is 1. The van der Waals surface area contributed by atoms with E-state index in [0.717, 1.165) is 22.2 Å². The molecule has 0 amide bonds. The number of nitrogens with zero attached hydrogens (tertiary/aromatic N) is 4. The summed E-state index contributed by atoms with van der Waals surface area (Å²) in [7, 11) is 0. The van der Waals surface area contributed by atoms with Crippen LogP contribution >= 0.6 is 0 Å². The molecule has 0 aliphatic rings. The van der Waals surface area contributed by atoms with Crippen molar-refractivity contribution in [3.63, 3.8) is 0 Å². The number of nitrogens with one attached hydrogen (secondary N) is 1. The van der Waals surface area contributed by atoms with Gasteiger partial charge in [-0.05, 0) is 23.8 Å². The molecule has 0 atom stereocenters. The number of anilines is 1. The summed E-state index contributed by atoms with van der Waals surface area (Å²) >= 11 is 0. The van der Waals surface area contributed by atoms with E-state index < -0.39 is 0 Å². The third-order valence-corrected chi connectivity index (χ3v) is 3.01. The summed E-state index contributed by atoms with van der Waals surface area (Å²) < 4.78 is 0. The number of pyridine rings is 3. The van der Waals surface area contributed by atoms with Crippen molar-refractivity contribution in [1.82, 2.24) is 15.0 Å². The molecule has 1 N–H and O–H groups in total. The van der Waals surface area contributed by atoms with Crippen LogP contribution in [-0.2, 0) is 6.54 Å². The molecule has 5 heteroatoms. The number of aromatic nitrogens is 3. The van der Waals surface area contributed by atoms with Gasteiger partial charge in [0.2, 0.25) is 0 Å². The Morgan fingerprint density at radius 3 is 2.65 bits per heavy atom. The van der Waals surface area contributed by atoms with Crippen LogP contribution in [0.1, 0.15) is 11.1 Å². The molecule has 0 aliphatic carbocycles. The normalized spacial score (nSPS) is 10.2. The zero-order chi connectivity index (χ0) is 13.8. The van der Waals surface area contributed by atoms with Gasteiger partial charge in [0.05, 0.1) is 23.0 Å². The summed E-state index contributed by atoms with van der Waals surface area (Å²) in [4.78, 5) is 12.3. The maximum atomic E-state index is 9.22. The van der Waals surface area contributed by atoms with Gasteiger partial charge in [-0.25, -0.2) is 0 Å². The van der Waals surface area contributed by atoms with Crippen molar-refractivity contribution in [2.45, 2.75) is 6.54 Å². The average molecular weight is 261 g/mol. The molecule has 0 radical (unpaired) electrons. The van der Waals surface area contributed by atoms with Crippen molar-refractivity contribution in [3.05, 3.63) is 60.3 Å². The minimum atomic E-state index is 0.526. The molecule has 20 heavy (non-hydrogen) atoms. The molecule has 0 fully saturated rings. The summed E-state index contributed by atoms with van der Waals surface area (Å²) in [5, 5.41) is 13.4. The highest BCUT2D eigenvalue weighted by Crippen LogP contribution is 2.25. The highest BCUT2D eigenvalue weighted by Gasteiger charge is 2.08. The van der Waals surface area contributed by atoms with Gasteiger partial charge < -0.3 is 5.32 Å². The van der Waals surface area contributed by atoms with Gasteiger partial charge in [-0.15, -0.1) is 0 Å². The van der Waals surface area contributed by atoms with Crippen LogP contribution in [0.5, 0.6) is 0 Å². The smallest absolute Gasteiger partial charge is 0.103 e. The van der Waals surface area contributed by atoms with Gasteiger partial charge in [-0.3, -0.25) is 15.0 Å². The van der Waals surface area contributed by atoms with Crippen molar-refractivity contribution in [2.24, 2.45) is 0 Å². The SMILES string of the molecule is N#Cc1cnc2cnccc2c1NCc1ccncc1. The van der Waals surface area contributed by atoms with E-state index in [1.54, 1.807) is 31.0 Å². The van der Waals surface area contributed by atoms with Crippen LogP contribution < -0.4 is 5.32 Å². The summed E-state index contributed by atoms with van der Waals surface area (Å²) in [5.41, 5.74) is 3.18. The van der Waals surface area contributed by atoms with E-state index in [4.69, 9.17) is 0 Å².